The molecule has 0 heterocycles. The molecule has 0 bridgehead atoms. The standard InChI is InChI=1S/C18H17ClN2O2/c1-18(2,23-16-9-7-15(19)8-10-16)17(22)21-12-14-5-3-13(11-20)4-6-14/h3-10H,12H2,1-2H3,(H,21,22). The molecular weight excluding hydrogens is 312 g/mol. The first-order valence-electron chi connectivity index (χ1n) is 7.12. The van der Waals surface area contributed by atoms with E-state index in [0.717, 1.165) is 5.56 Å². The Morgan fingerprint density at radius 3 is 2.35 bits per heavy atom. The maximum atomic E-state index is 12.3. The lowest BCUT2D eigenvalue weighted by molar-refractivity contribution is -0.134. The van der Waals surface area contributed by atoms with E-state index in [1.165, 1.54) is 0 Å². The van der Waals surface area contributed by atoms with Crippen LogP contribution in [0, 0.1) is 11.3 Å². The van der Waals surface area contributed by atoms with E-state index in [-0.39, 0.29) is 5.91 Å². The molecule has 0 aliphatic rings. The Hall–Kier alpha value is -2.51. The maximum absolute atomic E-state index is 12.3. The van der Waals surface area contributed by atoms with Crippen molar-refractivity contribution in [3.8, 4) is 11.8 Å². The van der Waals surface area contributed by atoms with E-state index >= 15 is 0 Å². The number of carbonyl (C=O) groups is 1. The molecule has 0 radical (unpaired) electrons. The predicted molar refractivity (Wildman–Crippen MR) is 89.2 cm³/mol. The molecule has 0 aromatic heterocycles. The summed E-state index contributed by atoms with van der Waals surface area (Å²) in [6.07, 6.45) is 0. The second kappa shape index (κ2) is 7.17. The van der Waals surface area contributed by atoms with Crippen molar-refractivity contribution < 1.29 is 9.53 Å². The number of nitrogens with one attached hydrogen (secondary N) is 1. The molecule has 4 nitrogen and oxygen atoms in total. The molecule has 23 heavy (non-hydrogen) atoms. The van der Waals surface area contributed by atoms with Crippen molar-refractivity contribution in [3.63, 3.8) is 0 Å². The fourth-order valence-electron chi connectivity index (χ4n) is 1.94. The number of nitrogens with zero attached hydrogens (tertiary/aromatic N) is 1. The predicted octanol–water partition coefficient (Wildman–Crippen LogP) is 3.69. The van der Waals surface area contributed by atoms with Crippen LogP contribution < -0.4 is 10.1 Å². The van der Waals surface area contributed by atoms with Gasteiger partial charge in [0.2, 0.25) is 0 Å². The lowest BCUT2D eigenvalue weighted by Crippen LogP contribution is -2.46. The van der Waals surface area contributed by atoms with Gasteiger partial charge in [-0.15, -0.1) is 0 Å². The number of ether oxygens (including phenoxy) is 1. The second-order valence-electron chi connectivity index (χ2n) is 5.56. The summed E-state index contributed by atoms with van der Waals surface area (Å²) in [6, 6.07) is 16.0. The summed E-state index contributed by atoms with van der Waals surface area (Å²) in [5.41, 5.74) is 0.492. The Morgan fingerprint density at radius 1 is 1.17 bits per heavy atom. The molecule has 2 aromatic carbocycles. The van der Waals surface area contributed by atoms with Crippen LogP contribution in [0.1, 0.15) is 25.0 Å². The van der Waals surface area contributed by atoms with Crippen molar-refractivity contribution in [2.75, 3.05) is 0 Å². The third-order valence-corrected chi connectivity index (χ3v) is 3.52. The molecule has 5 heteroatoms. The van der Waals surface area contributed by atoms with Gasteiger partial charge in [0.05, 0.1) is 11.6 Å². The van der Waals surface area contributed by atoms with Gasteiger partial charge in [-0.3, -0.25) is 4.79 Å². The van der Waals surface area contributed by atoms with Crippen molar-refractivity contribution in [3.05, 3.63) is 64.7 Å². The van der Waals surface area contributed by atoms with Crippen LogP contribution in [0.3, 0.4) is 0 Å². The lowest BCUT2D eigenvalue weighted by atomic mass is 10.1. The van der Waals surface area contributed by atoms with Crippen molar-refractivity contribution >= 4 is 17.5 Å². The van der Waals surface area contributed by atoms with Gasteiger partial charge in [0, 0.05) is 11.6 Å². The quantitative estimate of drug-likeness (QED) is 0.910. The topological polar surface area (TPSA) is 62.1 Å². The highest BCUT2D eigenvalue weighted by Gasteiger charge is 2.29. The number of hydrogen-bond acceptors (Lipinski definition) is 3. The third-order valence-electron chi connectivity index (χ3n) is 3.27. The van der Waals surface area contributed by atoms with Gasteiger partial charge in [0.15, 0.2) is 5.60 Å². The highest BCUT2D eigenvalue weighted by Crippen LogP contribution is 2.21. The van der Waals surface area contributed by atoms with Crippen molar-refractivity contribution in [1.29, 1.82) is 5.26 Å². The van der Waals surface area contributed by atoms with Gasteiger partial charge in [-0.1, -0.05) is 23.7 Å². The molecule has 0 saturated heterocycles. The minimum absolute atomic E-state index is 0.225. The van der Waals surface area contributed by atoms with Crippen LogP contribution in [0.4, 0.5) is 0 Å². The number of amides is 1. The molecule has 0 unspecified atom stereocenters. The first-order chi connectivity index (χ1) is 10.9. The summed E-state index contributed by atoms with van der Waals surface area (Å²) in [5.74, 6) is 0.352. The van der Waals surface area contributed by atoms with Gasteiger partial charge in [-0.05, 0) is 55.8 Å². The summed E-state index contributed by atoms with van der Waals surface area (Å²) >= 11 is 5.83. The van der Waals surface area contributed by atoms with E-state index in [9.17, 15) is 4.79 Å². The van der Waals surface area contributed by atoms with Crippen molar-refractivity contribution in [2.45, 2.75) is 26.0 Å². The minimum atomic E-state index is -1.01. The number of rotatable bonds is 5. The fraction of sp³-hybridized carbons (Fsp3) is 0.222. The van der Waals surface area contributed by atoms with Crippen LogP contribution in [-0.2, 0) is 11.3 Å². The Kier molecular flexibility index (Phi) is 5.25. The largest absolute Gasteiger partial charge is 0.478 e. The van der Waals surface area contributed by atoms with Gasteiger partial charge in [0.25, 0.3) is 5.91 Å². The summed E-state index contributed by atoms with van der Waals surface area (Å²) in [7, 11) is 0. The molecule has 0 spiro atoms. The van der Waals surface area contributed by atoms with E-state index in [2.05, 4.69) is 11.4 Å². The van der Waals surface area contributed by atoms with Crippen LogP contribution in [0.2, 0.25) is 5.02 Å². The van der Waals surface area contributed by atoms with Gasteiger partial charge in [-0.25, -0.2) is 0 Å². The van der Waals surface area contributed by atoms with E-state index in [1.807, 2.05) is 12.1 Å². The highest BCUT2D eigenvalue weighted by molar-refractivity contribution is 6.30. The average molecular weight is 329 g/mol. The number of carbonyl (C=O) groups excluding carboxylic acids is 1. The smallest absolute Gasteiger partial charge is 0.263 e. The molecule has 0 saturated carbocycles. The Labute approximate surface area is 140 Å². The first-order valence-corrected chi connectivity index (χ1v) is 7.50. The lowest BCUT2D eigenvalue weighted by Gasteiger charge is -2.25. The Balaban J connectivity index is 1.95. The molecule has 0 aliphatic heterocycles. The van der Waals surface area contributed by atoms with Gasteiger partial charge in [-0.2, -0.15) is 5.26 Å². The van der Waals surface area contributed by atoms with E-state index < -0.39 is 5.60 Å². The number of halogens is 1. The summed E-state index contributed by atoms with van der Waals surface area (Å²) in [4.78, 5) is 12.3. The van der Waals surface area contributed by atoms with Crippen LogP contribution in [-0.4, -0.2) is 11.5 Å². The van der Waals surface area contributed by atoms with Crippen LogP contribution in [0.25, 0.3) is 0 Å². The molecular formula is C18H17ClN2O2. The van der Waals surface area contributed by atoms with Crippen LogP contribution in [0.15, 0.2) is 48.5 Å². The van der Waals surface area contributed by atoms with Crippen LogP contribution >= 0.6 is 11.6 Å². The zero-order valence-corrected chi connectivity index (χ0v) is 13.7. The van der Waals surface area contributed by atoms with Gasteiger partial charge < -0.3 is 10.1 Å². The molecule has 1 amide bonds. The van der Waals surface area contributed by atoms with Crippen LogP contribution in [0.5, 0.6) is 5.75 Å². The highest BCUT2D eigenvalue weighted by atomic mass is 35.5. The summed E-state index contributed by atoms with van der Waals surface area (Å²) in [5, 5.41) is 12.2. The van der Waals surface area contributed by atoms with E-state index in [1.54, 1.807) is 50.2 Å². The van der Waals surface area contributed by atoms with E-state index in [4.69, 9.17) is 21.6 Å². The molecule has 2 aromatic rings. The zero-order valence-electron chi connectivity index (χ0n) is 13.0. The SMILES string of the molecule is CC(C)(Oc1ccc(Cl)cc1)C(=O)NCc1ccc(C#N)cc1. The number of benzene rings is 2. The fourth-order valence-corrected chi connectivity index (χ4v) is 2.06. The summed E-state index contributed by atoms with van der Waals surface area (Å²) in [6.45, 7) is 3.78. The molecule has 2 rings (SSSR count). The maximum Gasteiger partial charge on any atom is 0.263 e. The van der Waals surface area contributed by atoms with Gasteiger partial charge >= 0.3 is 0 Å². The summed E-state index contributed by atoms with van der Waals surface area (Å²) < 4.78 is 5.73. The number of nitriles is 1. The molecule has 0 atom stereocenters. The average Bonchev–Trinajstić information content (AvgIpc) is 2.55. The monoisotopic (exact) mass is 328 g/mol. The molecule has 0 aliphatic carbocycles. The number of hydrogen-bond donors (Lipinski definition) is 1. The second-order valence-corrected chi connectivity index (χ2v) is 5.99. The normalized spacial score (nSPS) is 10.7. The molecule has 118 valence electrons. The Bertz CT molecular complexity index is 716. The Morgan fingerprint density at radius 2 is 1.78 bits per heavy atom. The van der Waals surface area contributed by atoms with Gasteiger partial charge in [0.1, 0.15) is 5.75 Å². The molecule has 1 N–H and O–H groups in total. The third kappa shape index (κ3) is 4.73. The van der Waals surface area contributed by atoms with E-state index in [0.29, 0.717) is 22.9 Å². The first kappa shape index (κ1) is 16.9. The van der Waals surface area contributed by atoms with Crippen molar-refractivity contribution in [2.24, 2.45) is 0 Å². The van der Waals surface area contributed by atoms with Crippen molar-refractivity contribution in [1.82, 2.24) is 5.32 Å². The minimum Gasteiger partial charge on any atom is -0.478 e. The zero-order chi connectivity index (χ0) is 16.9. The molecule has 0 fully saturated rings.